The van der Waals surface area contributed by atoms with Gasteiger partial charge in [0.15, 0.2) is 0 Å². The van der Waals surface area contributed by atoms with Crippen molar-refractivity contribution in [1.29, 1.82) is 10.5 Å². The van der Waals surface area contributed by atoms with Crippen LogP contribution in [0.25, 0.3) is 21.7 Å². The fourth-order valence-corrected chi connectivity index (χ4v) is 6.77. The Morgan fingerprint density at radius 2 is 1.70 bits per heavy atom. The van der Waals surface area contributed by atoms with Gasteiger partial charge in [-0.15, -0.1) is 11.3 Å². The second-order valence-corrected chi connectivity index (χ2v) is 14.5. The number of amides is 1. The van der Waals surface area contributed by atoms with Crippen LogP contribution in [0.2, 0.25) is 5.02 Å². The van der Waals surface area contributed by atoms with Crippen molar-refractivity contribution in [1.82, 2.24) is 15.3 Å². The van der Waals surface area contributed by atoms with E-state index >= 15 is 0 Å². The van der Waals surface area contributed by atoms with E-state index in [1.54, 1.807) is 45.0 Å². The minimum absolute atomic E-state index is 0.0393. The number of esters is 1. The van der Waals surface area contributed by atoms with E-state index in [2.05, 4.69) is 22.4 Å². The molecule has 1 amide bonds. The first-order valence-electron chi connectivity index (χ1n) is 15.8. The molecule has 4 aromatic rings. The molecule has 1 atom stereocenters. The zero-order valence-corrected chi connectivity index (χ0v) is 30.4. The summed E-state index contributed by atoms with van der Waals surface area (Å²) in [5.74, 6) is 0.939. The molecule has 2 aromatic heterocycles. The molecule has 2 aromatic carbocycles. The molecule has 3 heterocycles. The first-order valence-corrected chi connectivity index (χ1v) is 18.1. The number of anilines is 1. The van der Waals surface area contributed by atoms with Gasteiger partial charge in [0.25, 0.3) is 0 Å². The number of hydrogen-bond donors (Lipinski definition) is 1. The summed E-state index contributed by atoms with van der Waals surface area (Å²) in [5, 5.41) is 27.2. The molecule has 11 nitrogen and oxygen atoms in total. The maximum Gasteiger partial charge on any atom is 0.408 e. The predicted molar refractivity (Wildman–Crippen MR) is 193 cm³/mol. The summed E-state index contributed by atoms with van der Waals surface area (Å²) in [6, 6.07) is 18.3. The Bertz CT molecular complexity index is 1930. The second kappa shape index (κ2) is 16.3. The Kier molecular flexibility index (Phi) is 11.9. The number of benzene rings is 2. The van der Waals surface area contributed by atoms with Gasteiger partial charge in [0.05, 0.1) is 11.3 Å². The van der Waals surface area contributed by atoms with Crippen molar-refractivity contribution in [3.63, 3.8) is 0 Å². The van der Waals surface area contributed by atoms with Crippen LogP contribution in [0.4, 0.5) is 10.6 Å². The van der Waals surface area contributed by atoms with Crippen molar-refractivity contribution in [2.75, 3.05) is 31.2 Å². The standard InChI is InChI=1S/C36H35ClN6O5S2/c1-22(40-35(45)48-36(2,3)4)34(44)47-17-16-46-27-12-8-23(9-13-27)30-28(18-38)31(43-14-5-15-43)42-33(29(30)19-39)50-21-26-20-49-32(41-26)24-6-10-25(37)11-7-24/h6-13,20,22H,5,14-17,21H2,1-4H3,(H,40,45)/t22-/m0/s1. The van der Waals surface area contributed by atoms with Gasteiger partial charge in [0.2, 0.25) is 0 Å². The highest BCUT2D eigenvalue weighted by Gasteiger charge is 2.27. The van der Waals surface area contributed by atoms with Crippen molar-refractivity contribution >= 4 is 52.6 Å². The number of alkyl carbamates (subject to hydrolysis) is 1. The summed E-state index contributed by atoms with van der Waals surface area (Å²) >= 11 is 8.99. The van der Waals surface area contributed by atoms with Gasteiger partial charge in [0.1, 0.15) is 64.2 Å². The number of thioether (sulfide) groups is 1. The largest absolute Gasteiger partial charge is 0.490 e. The molecule has 5 rings (SSSR count). The third-order valence-electron chi connectivity index (χ3n) is 7.35. The van der Waals surface area contributed by atoms with E-state index < -0.39 is 23.7 Å². The van der Waals surface area contributed by atoms with E-state index in [0.717, 1.165) is 35.8 Å². The molecular formula is C36H35ClN6O5S2. The average molecular weight is 731 g/mol. The molecule has 50 heavy (non-hydrogen) atoms. The SMILES string of the molecule is C[C@H](NC(=O)OC(C)(C)C)C(=O)OCCOc1ccc(-c2c(C#N)c(SCc3csc(-c4ccc(Cl)cc4)n3)nc(N3CCC3)c2C#N)cc1. The molecule has 0 spiro atoms. The van der Waals surface area contributed by atoms with E-state index in [-0.39, 0.29) is 13.2 Å². The molecule has 0 unspecified atom stereocenters. The predicted octanol–water partition coefficient (Wildman–Crippen LogP) is 7.61. The number of rotatable bonds is 12. The maximum absolute atomic E-state index is 12.3. The molecule has 0 radical (unpaired) electrons. The number of aromatic nitrogens is 2. The normalized spacial score (nSPS) is 13.0. The molecule has 258 valence electrons. The highest BCUT2D eigenvalue weighted by molar-refractivity contribution is 7.98. The van der Waals surface area contributed by atoms with Gasteiger partial charge in [-0.2, -0.15) is 10.5 Å². The number of hydrogen-bond acceptors (Lipinski definition) is 12. The fourth-order valence-electron chi connectivity index (χ4n) is 4.84. The van der Waals surface area contributed by atoms with Gasteiger partial charge >= 0.3 is 12.1 Å². The Labute approximate surface area is 304 Å². The van der Waals surface area contributed by atoms with Crippen LogP contribution in [0.1, 0.15) is 50.9 Å². The summed E-state index contributed by atoms with van der Waals surface area (Å²) in [5.41, 5.74) is 2.99. The molecule has 1 aliphatic heterocycles. The summed E-state index contributed by atoms with van der Waals surface area (Å²) in [6.45, 7) is 8.28. The van der Waals surface area contributed by atoms with Gasteiger partial charge in [-0.3, -0.25) is 0 Å². The maximum atomic E-state index is 12.3. The quantitative estimate of drug-likeness (QED) is 0.0872. The van der Waals surface area contributed by atoms with E-state index in [0.29, 0.717) is 49.6 Å². The van der Waals surface area contributed by atoms with Crippen molar-refractivity contribution in [3.8, 4) is 39.6 Å². The number of nitrogens with zero attached hydrogens (tertiary/aromatic N) is 5. The van der Waals surface area contributed by atoms with Gasteiger partial charge in [0, 0.05) is 40.4 Å². The van der Waals surface area contributed by atoms with E-state index in [4.69, 9.17) is 35.8 Å². The lowest BCUT2D eigenvalue weighted by Gasteiger charge is -2.33. The fraction of sp³-hybridized carbons (Fsp3) is 0.333. The summed E-state index contributed by atoms with van der Waals surface area (Å²) in [6.07, 6.45) is 0.287. The smallest absolute Gasteiger partial charge is 0.408 e. The van der Waals surface area contributed by atoms with Crippen LogP contribution in [0, 0.1) is 22.7 Å². The van der Waals surface area contributed by atoms with Crippen molar-refractivity contribution in [2.24, 2.45) is 0 Å². The number of carbonyl (C=O) groups excluding carboxylic acids is 2. The summed E-state index contributed by atoms with van der Waals surface area (Å²) in [7, 11) is 0. The minimum Gasteiger partial charge on any atom is -0.490 e. The third kappa shape index (κ3) is 9.24. The molecule has 14 heteroatoms. The lowest BCUT2D eigenvalue weighted by molar-refractivity contribution is -0.146. The van der Waals surface area contributed by atoms with Crippen molar-refractivity contribution in [3.05, 3.63) is 75.8 Å². The number of carbonyl (C=O) groups is 2. The minimum atomic E-state index is -0.897. The van der Waals surface area contributed by atoms with Crippen LogP contribution in [-0.4, -0.2) is 60.0 Å². The number of thiazole rings is 1. The monoisotopic (exact) mass is 730 g/mol. The summed E-state index contributed by atoms with van der Waals surface area (Å²) in [4.78, 5) is 35.9. The van der Waals surface area contributed by atoms with Crippen LogP contribution in [0.5, 0.6) is 5.75 Å². The lowest BCUT2D eigenvalue weighted by Crippen LogP contribution is -2.42. The highest BCUT2D eigenvalue weighted by atomic mass is 35.5. The Hall–Kier alpha value is -4.82. The summed E-state index contributed by atoms with van der Waals surface area (Å²) < 4.78 is 16.2. The zero-order valence-electron chi connectivity index (χ0n) is 28.0. The van der Waals surface area contributed by atoms with Gasteiger partial charge in [-0.25, -0.2) is 19.6 Å². The lowest BCUT2D eigenvalue weighted by atomic mass is 9.96. The molecule has 1 aliphatic rings. The van der Waals surface area contributed by atoms with Gasteiger partial charge in [-0.1, -0.05) is 47.6 Å². The Morgan fingerprint density at radius 1 is 1.02 bits per heavy atom. The highest BCUT2D eigenvalue weighted by Crippen LogP contribution is 2.40. The molecule has 1 N–H and O–H groups in total. The molecule has 0 saturated carbocycles. The molecule has 1 saturated heterocycles. The number of pyridine rings is 1. The Morgan fingerprint density at radius 3 is 2.32 bits per heavy atom. The molecule has 0 aliphatic carbocycles. The van der Waals surface area contributed by atoms with E-state index in [9.17, 15) is 20.1 Å². The van der Waals surface area contributed by atoms with E-state index in [1.165, 1.54) is 30.0 Å². The number of nitrogens with one attached hydrogen (secondary N) is 1. The number of halogens is 1. The second-order valence-electron chi connectivity index (χ2n) is 12.3. The van der Waals surface area contributed by atoms with Crippen LogP contribution in [0.15, 0.2) is 58.9 Å². The average Bonchev–Trinajstić information content (AvgIpc) is 3.53. The Balaban J connectivity index is 1.28. The van der Waals surface area contributed by atoms with E-state index in [1.807, 2.05) is 29.6 Å². The number of nitriles is 2. The van der Waals surface area contributed by atoms with Crippen molar-refractivity contribution in [2.45, 2.75) is 56.5 Å². The third-order valence-corrected chi connectivity index (χ3v) is 9.55. The molecule has 0 bridgehead atoms. The van der Waals surface area contributed by atoms with Crippen LogP contribution in [-0.2, 0) is 20.0 Å². The first-order chi connectivity index (χ1) is 24.0. The zero-order chi connectivity index (χ0) is 35.8. The molecular weight excluding hydrogens is 696 g/mol. The first kappa shape index (κ1) is 36.5. The van der Waals surface area contributed by atoms with Crippen LogP contribution >= 0.6 is 34.7 Å². The van der Waals surface area contributed by atoms with Gasteiger partial charge in [-0.05, 0) is 63.9 Å². The van der Waals surface area contributed by atoms with Crippen molar-refractivity contribution < 1.29 is 23.8 Å². The van der Waals surface area contributed by atoms with Crippen LogP contribution < -0.4 is 15.0 Å². The number of ether oxygens (including phenoxy) is 3. The molecule has 1 fully saturated rings. The topological polar surface area (TPSA) is 150 Å². The van der Waals surface area contributed by atoms with Crippen LogP contribution in [0.3, 0.4) is 0 Å². The van der Waals surface area contributed by atoms with Gasteiger partial charge < -0.3 is 24.4 Å².